The highest BCUT2D eigenvalue weighted by Gasteiger charge is 2.17. The minimum absolute atomic E-state index is 0.116. The maximum absolute atomic E-state index is 11.9. The van der Waals surface area contributed by atoms with Crippen LogP contribution < -0.4 is 5.32 Å². The number of aromatic nitrogens is 1. The Balaban J connectivity index is 2.73. The van der Waals surface area contributed by atoms with Gasteiger partial charge in [-0.1, -0.05) is 23.2 Å². The van der Waals surface area contributed by atoms with Gasteiger partial charge in [0, 0.05) is 13.1 Å². The van der Waals surface area contributed by atoms with Crippen LogP contribution in [0.25, 0.3) is 0 Å². The molecule has 1 heterocycles. The van der Waals surface area contributed by atoms with Crippen LogP contribution in [0.5, 0.6) is 0 Å². The standard InChI is InChI=1S/C11H16Cl2N2O2/c1-6(4-7(2)16)14-11(17)9-5-8(12)10(13)15(9)3/h5-7,16H,4H2,1-3H3,(H,14,17). The maximum Gasteiger partial charge on any atom is 0.268 e. The number of carbonyl (C=O) groups excluding carboxylic acids is 1. The summed E-state index contributed by atoms with van der Waals surface area (Å²) in [6.07, 6.45) is 0.0448. The Morgan fingerprint density at radius 3 is 2.53 bits per heavy atom. The number of aliphatic hydroxyl groups excluding tert-OH is 1. The molecule has 1 amide bonds. The summed E-state index contributed by atoms with van der Waals surface area (Å²) < 4.78 is 1.52. The van der Waals surface area contributed by atoms with Gasteiger partial charge in [-0.15, -0.1) is 0 Å². The molecule has 4 nitrogen and oxygen atoms in total. The molecule has 1 aromatic rings. The van der Waals surface area contributed by atoms with Crippen LogP contribution in [0.3, 0.4) is 0 Å². The fourth-order valence-electron chi connectivity index (χ4n) is 1.63. The van der Waals surface area contributed by atoms with Crippen LogP contribution in [-0.4, -0.2) is 27.7 Å². The van der Waals surface area contributed by atoms with Crippen molar-refractivity contribution in [3.63, 3.8) is 0 Å². The Labute approximate surface area is 111 Å². The number of halogens is 2. The second-order valence-corrected chi connectivity index (χ2v) is 4.95. The van der Waals surface area contributed by atoms with Crippen molar-refractivity contribution in [1.82, 2.24) is 9.88 Å². The summed E-state index contributed by atoms with van der Waals surface area (Å²) in [6, 6.07) is 1.41. The molecule has 2 N–H and O–H groups in total. The van der Waals surface area contributed by atoms with Crippen LogP contribution in [0.4, 0.5) is 0 Å². The highest BCUT2D eigenvalue weighted by Crippen LogP contribution is 2.25. The van der Waals surface area contributed by atoms with Gasteiger partial charge in [0.15, 0.2) is 0 Å². The van der Waals surface area contributed by atoms with E-state index >= 15 is 0 Å². The molecule has 0 aliphatic rings. The van der Waals surface area contributed by atoms with Crippen molar-refractivity contribution in [2.75, 3.05) is 0 Å². The summed E-state index contributed by atoms with van der Waals surface area (Å²) in [5, 5.41) is 12.7. The number of hydrogen-bond acceptors (Lipinski definition) is 2. The van der Waals surface area contributed by atoms with Crippen molar-refractivity contribution < 1.29 is 9.90 Å². The Kier molecular flexibility index (Phi) is 4.86. The molecule has 96 valence electrons. The molecule has 0 saturated carbocycles. The SMILES string of the molecule is CC(O)CC(C)NC(=O)c1cc(Cl)c(Cl)n1C. The Hall–Kier alpha value is -0.710. The predicted molar refractivity (Wildman–Crippen MR) is 68.7 cm³/mol. The number of nitrogens with zero attached hydrogens (tertiary/aromatic N) is 1. The number of carbonyl (C=O) groups is 1. The first-order valence-corrected chi connectivity index (χ1v) is 6.08. The topological polar surface area (TPSA) is 54.3 Å². The Morgan fingerprint density at radius 2 is 2.12 bits per heavy atom. The zero-order chi connectivity index (χ0) is 13.2. The van der Waals surface area contributed by atoms with E-state index in [-0.39, 0.29) is 11.9 Å². The van der Waals surface area contributed by atoms with Gasteiger partial charge >= 0.3 is 0 Å². The second-order valence-electron chi connectivity index (χ2n) is 4.19. The lowest BCUT2D eigenvalue weighted by Gasteiger charge is -2.15. The van der Waals surface area contributed by atoms with Crippen LogP contribution >= 0.6 is 23.2 Å². The molecule has 0 bridgehead atoms. The van der Waals surface area contributed by atoms with Gasteiger partial charge in [0.05, 0.1) is 11.1 Å². The molecule has 0 spiro atoms. The summed E-state index contributed by atoms with van der Waals surface area (Å²) in [5.41, 5.74) is 0.400. The molecular formula is C11H16Cl2N2O2. The molecule has 2 atom stereocenters. The summed E-state index contributed by atoms with van der Waals surface area (Å²) in [5.74, 6) is -0.255. The first-order chi connectivity index (χ1) is 7.82. The van der Waals surface area contributed by atoms with Crippen molar-refractivity contribution in [2.24, 2.45) is 7.05 Å². The first kappa shape index (κ1) is 14.4. The summed E-state index contributed by atoms with van der Waals surface area (Å²) >= 11 is 11.7. The van der Waals surface area contributed by atoms with Crippen LogP contribution in [0.1, 0.15) is 30.8 Å². The van der Waals surface area contributed by atoms with E-state index in [2.05, 4.69) is 5.32 Å². The fraction of sp³-hybridized carbons (Fsp3) is 0.545. The minimum atomic E-state index is -0.453. The van der Waals surface area contributed by atoms with Crippen molar-refractivity contribution in [1.29, 1.82) is 0 Å². The number of aliphatic hydroxyl groups is 1. The van der Waals surface area contributed by atoms with Gasteiger partial charge in [-0.3, -0.25) is 4.79 Å². The lowest BCUT2D eigenvalue weighted by Crippen LogP contribution is -2.35. The quantitative estimate of drug-likeness (QED) is 0.888. The van der Waals surface area contributed by atoms with Crippen LogP contribution in [-0.2, 0) is 7.05 Å². The number of amides is 1. The first-order valence-electron chi connectivity index (χ1n) is 5.32. The fourth-order valence-corrected chi connectivity index (χ4v) is 2.00. The normalized spacial score (nSPS) is 14.5. The third-order valence-corrected chi connectivity index (χ3v) is 3.26. The van der Waals surface area contributed by atoms with Gasteiger partial charge in [-0.2, -0.15) is 0 Å². The van der Waals surface area contributed by atoms with E-state index in [4.69, 9.17) is 23.2 Å². The Bertz CT molecular complexity index is 416. The largest absolute Gasteiger partial charge is 0.393 e. The molecular weight excluding hydrogens is 263 g/mol. The van der Waals surface area contributed by atoms with E-state index < -0.39 is 6.10 Å². The molecule has 1 aromatic heterocycles. The van der Waals surface area contributed by atoms with E-state index in [0.29, 0.717) is 22.3 Å². The lowest BCUT2D eigenvalue weighted by molar-refractivity contribution is 0.0915. The zero-order valence-corrected chi connectivity index (χ0v) is 11.5. The highest BCUT2D eigenvalue weighted by molar-refractivity contribution is 6.41. The lowest BCUT2D eigenvalue weighted by atomic mass is 10.1. The molecule has 0 aliphatic heterocycles. The molecule has 0 radical (unpaired) electrons. The number of nitrogens with one attached hydrogen (secondary N) is 1. The third-order valence-electron chi connectivity index (χ3n) is 2.42. The maximum atomic E-state index is 11.9. The van der Waals surface area contributed by atoms with Gasteiger partial charge in [0.1, 0.15) is 10.8 Å². The average Bonchev–Trinajstić information content (AvgIpc) is 2.44. The molecule has 0 aromatic carbocycles. The Morgan fingerprint density at radius 1 is 1.53 bits per heavy atom. The smallest absolute Gasteiger partial charge is 0.268 e. The van der Waals surface area contributed by atoms with E-state index in [9.17, 15) is 9.90 Å². The van der Waals surface area contributed by atoms with Gasteiger partial charge in [0.25, 0.3) is 5.91 Å². The van der Waals surface area contributed by atoms with Crippen molar-refractivity contribution in [2.45, 2.75) is 32.4 Å². The monoisotopic (exact) mass is 278 g/mol. The molecule has 0 fully saturated rings. The average molecular weight is 279 g/mol. The van der Waals surface area contributed by atoms with Crippen molar-refractivity contribution >= 4 is 29.1 Å². The molecule has 0 aliphatic carbocycles. The van der Waals surface area contributed by atoms with Crippen molar-refractivity contribution in [3.8, 4) is 0 Å². The molecule has 0 saturated heterocycles. The van der Waals surface area contributed by atoms with Gasteiger partial charge in [-0.25, -0.2) is 0 Å². The summed E-state index contributed by atoms with van der Waals surface area (Å²) in [4.78, 5) is 11.9. The summed E-state index contributed by atoms with van der Waals surface area (Å²) in [6.45, 7) is 3.51. The van der Waals surface area contributed by atoms with E-state index in [1.807, 2.05) is 6.92 Å². The van der Waals surface area contributed by atoms with Crippen LogP contribution in [0, 0.1) is 0 Å². The van der Waals surface area contributed by atoms with E-state index in [0.717, 1.165) is 0 Å². The molecule has 17 heavy (non-hydrogen) atoms. The zero-order valence-electron chi connectivity index (χ0n) is 10.00. The number of rotatable bonds is 4. The minimum Gasteiger partial charge on any atom is -0.393 e. The third kappa shape index (κ3) is 3.63. The van der Waals surface area contributed by atoms with Gasteiger partial charge < -0.3 is 15.0 Å². The molecule has 6 heteroatoms. The van der Waals surface area contributed by atoms with E-state index in [1.165, 1.54) is 10.6 Å². The van der Waals surface area contributed by atoms with Gasteiger partial charge in [0.2, 0.25) is 0 Å². The predicted octanol–water partition coefficient (Wildman–Crippen LogP) is 2.22. The van der Waals surface area contributed by atoms with Crippen LogP contribution in [0.2, 0.25) is 10.2 Å². The number of hydrogen-bond donors (Lipinski definition) is 2. The molecule has 2 unspecified atom stereocenters. The van der Waals surface area contributed by atoms with Crippen molar-refractivity contribution in [3.05, 3.63) is 21.9 Å². The van der Waals surface area contributed by atoms with E-state index in [1.54, 1.807) is 14.0 Å². The summed E-state index contributed by atoms with van der Waals surface area (Å²) in [7, 11) is 1.67. The van der Waals surface area contributed by atoms with Crippen LogP contribution in [0.15, 0.2) is 6.07 Å². The second kappa shape index (κ2) is 5.76. The van der Waals surface area contributed by atoms with Gasteiger partial charge in [-0.05, 0) is 26.3 Å². The molecule has 1 rings (SSSR count). The highest BCUT2D eigenvalue weighted by atomic mass is 35.5.